The molecule has 4 heteroatoms. The van der Waals surface area contributed by atoms with Gasteiger partial charge < -0.3 is 4.74 Å². The van der Waals surface area contributed by atoms with E-state index >= 15 is 0 Å². The molecule has 0 saturated heterocycles. The van der Waals surface area contributed by atoms with Gasteiger partial charge in [-0.25, -0.2) is 4.79 Å². The van der Waals surface area contributed by atoms with Crippen molar-refractivity contribution in [3.05, 3.63) is 24.1 Å². The van der Waals surface area contributed by atoms with Gasteiger partial charge in [0.2, 0.25) is 0 Å². The Balaban J connectivity index is 3.80. The molecular weight excluding hydrogens is 176 g/mol. The van der Waals surface area contributed by atoms with Crippen LogP contribution in [0.3, 0.4) is 0 Å². The van der Waals surface area contributed by atoms with E-state index in [0.717, 1.165) is 0 Å². The molecule has 1 atom stereocenters. The topological polar surface area (TPSA) is 43.4 Å². The minimum Gasteiger partial charge on any atom is -0.463 e. The molecule has 0 aliphatic rings. The van der Waals surface area contributed by atoms with Crippen molar-refractivity contribution >= 4 is 16.8 Å². The second kappa shape index (κ2) is 6.79. The molecule has 0 saturated carbocycles. The SMILES string of the molecule is C=CCS(=O)/C=C/C(=O)OCC. The van der Waals surface area contributed by atoms with Crippen molar-refractivity contribution in [2.24, 2.45) is 0 Å². The number of rotatable bonds is 5. The summed E-state index contributed by atoms with van der Waals surface area (Å²) in [6.45, 7) is 5.47. The maximum Gasteiger partial charge on any atom is 0.331 e. The highest BCUT2D eigenvalue weighted by molar-refractivity contribution is 7.88. The first-order chi connectivity index (χ1) is 5.70. The summed E-state index contributed by atoms with van der Waals surface area (Å²) in [7, 11) is -1.14. The molecule has 0 heterocycles. The van der Waals surface area contributed by atoms with Crippen LogP contribution in [0.2, 0.25) is 0 Å². The van der Waals surface area contributed by atoms with Crippen molar-refractivity contribution in [1.82, 2.24) is 0 Å². The lowest BCUT2D eigenvalue weighted by Gasteiger charge is -1.93. The smallest absolute Gasteiger partial charge is 0.331 e. The van der Waals surface area contributed by atoms with Crippen LogP contribution in [0.25, 0.3) is 0 Å². The lowest BCUT2D eigenvalue weighted by molar-refractivity contribution is -0.137. The van der Waals surface area contributed by atoms with Gasteiger partial charge >= 0.3 is 5.97 Å². The van der Waals surface area contributed by atoms with Crippen LogP contribution in [0.5, 0.6) is 0 Å². The van der Waals surface area contributed by atoms with Crippen molar-refractivity contribution < 1.29 is 13.7 Å². The summed E-state index contributed by atoms with van der Waals surface area (Å²) in [6.07, 6.45) is 2.70. The maximum atomic E-state index is 10.9. The number of hydrogen-bond donors (Lipinski definition) is 0. The lowest BCUT2D eigenvalue weighted by atomic mass is 10.6. The molecule has 0 aromatic rings. The highest BCUT2D eigenvalue weighted by atomic mass is 32.2. The molecule has 0 rings (SSSR count). The van der Waals surface area contributed by atoms with E-state index in [0.29, 0.717) is 12.4 Å². The fraction of sp³-hybridized carbons (Fsp3) is 0.375. The van der Waals surface area contributed by atoms with Crippen molar-refractivity contribution in [3.63, 3.8) is 0 Å². The fourth-order valence-corrected chi connectivity index (χ4v) is 1.10. The zero-order valence-corrected chi connectivity index (χ0v) is 7.80. The average molecular weight is 188 g/mol. The van der Waals surface area contributed by atoms with Crippen LogP contribution in [-0.2, 0) is 20.3 Å². The van der Waals surface area contributed by atoms with E-state index in [1.807, 2.05) is 0 Å². The highest BCUT2D eigenvalue weighted by Crippen LogP contribution is 1.87. The number of carbonyl (C=O) groups is 1. The monoisotopic (exact) mass is 188 g/mol. The van der Waals surface area contributed by atoms with Gasteiger partial charge in [-0.05, 0) is 6.92 Å². The molecule has 0 fully saturated rings. The number of hydrogen-bond acceptors (Lipinski definition) is 3. The van der Waals surface area contributed by atoms with Gasteiger partial charge in [-0.2, -0.15) is 0 Å². The van der Waals surface area contributed by atoms with E-state index in [-0.39, 0.29) is 0 Å². The van der Waals surface area contributed by atoms with Gasteiger partial charge in [0.1, 0.15) is 0 Å². The second-order valence-corrected chi connectivity index (χ2v) is 3.26. The summed E-state index contributed by atoms with van der Waals surface area (Å²) in [6, 6.07) is 0. The van der Waals surface area contributed by atoms with Crippen LogP contribution in [0, 0.1) is 0 Å². The van der Waals surface area contributed by atoms with Crippen LogP contribution in [-0.4, -0.2) is 22.5 Å². The van der Waals surface area contributed by atoms with E-state index in [1.165, 1.54) is 17.6 Å². The van der Waals surface area contributed by atoms with Crippen molar-refractivity contribution in [1.29, 1.82) is 0 Å². The second-order valence-electron chi connectivity index (χ2n) is 1.89. The number of esters is 1. The van der Waals surface area contributed by atoms with E-state index in [2.05, 4.69) is 11.3 Å². The summed E-state index contributed by atoms with van der Waals surface area (Å²) in [4.78, 5) is 10.7. The van der Waals surface area contributed by atoms with E-state index < -0.39 is 16.8 Å². The van der Waals surface area contributed by atoms with Crippen LogP contribution in [0.15, 0.2) is 24.1 Å². The third kappa shape index (κ3) is 5.85. The summed E-state index contributed by atoms with van der Waals surface area (Å²) in [5.41, 5.74) is 0. The zero-order valence-electron chi connectivity index (χ0n) is 6.99. The maximum absolute atomic E-state index is 10.9. The van der Waals surface area contributed by atoms with E-state index in [9.17, 15) is 9.00 Å². The molecule has 3 nitrogen and oxygen atoms in total. The lowest BCUT2D eigenvalue weighted by Crippen LogP contribution is -2.00. The molecule has 0 amide bonds. The Morgan fingerprint density at radius 2 is 2.33 bits per heavy atom. The molecule has 0 spiro atoms. The van der Waals surface area contributed by atoms with Crippen molar-refractivity contribution in [3.8, 4) is 0 Å². The van der Waals surface area contributed by atoms with Crippen LogP contribution in [0.4, 0.5) is 0 Å². The molecule has 0 aromatic carbocycles. The normalized spacial score (nSPS) is 12.8. The van der Waals surface area contributed by atoms with Gasteiger partial charge in [0.15, 0.2) is 0 Å². The summed E-state index contributed by atoms with van der Waals surface area (Å²) in [5.74, 6) is -0.106. The van der Waals surface area contributed by atoms with Gasteiger partial charge in [0, 0.05) is 28.0 Å². The summed E-state index contributed by atoms with van der Waals surface area (Å²) < 4.78 is 15.5. The molecule has 0 N–H and O–H groups in total. The Morgan fingerprint density at radius 1 is 1.67 bits per heavy atom. The van der Waals surface area contributed by atoms with Crippen LogP contribution < -0.4 is 0 Å². The molecule has 1 unspecified atom stereocenters. The molecule has 0 aromatic heterocycles. The number of ether oxygens (including phenoxy) is 1. The van der Waals surface area contributed by atoms with Crippen molar-refractivity contribution in [2.75, 3.05) is 12.4 Å². The summed E-state index contributed by atoms with van der Waals surface area (Å²) >= 11 is 0. The standard InChI is InChI=1S/C8H12O3S/c1-3-6-12(10)7-5-8(9)11-4-2/h3,5,7H,1,4,6H2,2H3/b7-5+. The Morgan fingerprint density at radius 3 is 2.83 bits per heavy atom. The molecular formula is C8H12O3S. The van der Waals surface area contributed by atoms with Gasteiger partial charge in [-0.1, -0.05) is 6.08 Å². The molecule has 68 valence electrons. The minimum atomic E-state index is -1.14. The number of carbonyl (C=O) groups excluding carboxylic acids is 1. The largest absolute Gasteiger partial charge is 0.463 e. The Labute approximate surface area is 74.6 Å². The summed E-state index contributed by atoms with van der Waals surface area (Å²) in [5, 5.41) is 1.31. The molecule has 0 bridgehead atoms. The predicted molar refractivity (Wildman–Crippen MR) is 49.0 cm³/mol. The Hall–Kier alpha value is -0.900. The molecule has 0 radical (unpaired) electrons. The average Bonchev–Trinajstić information content (AvgIpc) is 2.02. The first kappa shape index (κ1) is 11.1. The molecule has 0 aliphatic heterocycles. The van der Waals surface area contributed by atoms with Crippen LogP contribution in [0.1, 0.15) is 6.92 Å². The third-order valence-corrected chi connectivity index (χ3v) is 1.93. The van der Waals surface area contributed by atoms with Crippen LogP contribution >= 0.6 is 0 Å². The first-order valence-electron chi connectivity index (χ1n) is 3.53. The Kier molecular flexibility index (Phi) is 6.28. The van der Waals surface area contributed by atoms with Gasteiger partial charge in [-0.15, -0.1) is 6.58 Å². The van der Waals surface area contributed by atoms with Gasteiger partial charge in [0.05, 0.1) is 6.61 Å². The fourth-order valence-electron chi connectivity index (χ4n) is 0.494. The zero-order chi connectivity index (χ0) is 9.40. The van der Waals surface area contributed by atoms with Crippen molar-refractivity contribution in [2.45, 2.75) is 6.92 Å². The van der Waals surface area contributed by atoms with E-state index in [1.54, 1.807) is 6.92 Å². The van der Waals surface area contributed by atoms with E-state index in [4.69, 9.17) is 0 Å². The Bertz CT molecular complexity index is 208. The highest BCUT2D eigenvalue weighted by Gasteiger charge is 1.94. The molecule has 0 aliphatic carbocycles. The van der Waals surface area contributed by atoms with Gasteiger partial charge in [0.25, 0.3) is 0 Å². The third-order valence-electron chi connectivity index (χ3n) is 0.925. The predicted octanol–water partition coefficient (Wildman–Crippen LogP) is 0.998. The molecule has 12 heavy (non-hydrogen) atoms. The minimum absolute atomic E-state index is 0.331. The first-order valence-corrected chi connectivity index (χ1v) is 4.92. The van der Waals surface area contributed by atoms with Gasteiger partial charge in [-0.3, -0.25) is 4.21 Å². The quantitative estimate of drug-likeness (QED) is 0.367.